The molecule has 4 rings (SSSR count). The Morgan fingerprint density at radius 2 is 1.94 bits per heavy atom. The molecule has 3 heterocycles. The Kier molecular flexibility index (Phi) is 7.50. The number of aromatic nitrogens is 1. The van der Waals surface area contributed by atoms with Gasteiger partial charge in [-0.05, 0) is 36.6 Å². The molecule has 8 nitrogen and oxygen atoms in total. The van der Waals surface area contributed by atoms with Crippen LogP contribution in [-0.2, 0) is 20.9 Å². The minimum atomic E-state index is -0.911. The minimum absolute atomic E-state index is 0.121. The Morgan fingerprint density at radius 1 is 1.17 bits per heavy atom. The van der Waals surface area contributed by atoms with Gasteiger partial charge in [-0.25, -0.2) is 0 Å². The van der Waals surface area contributed by atoms with E-state index < -0.39 is 11.8 Å². The molecule has 3 amide bonds. The second-order valence-electron chi connectivity index (χ2n) is 9.88. The van der Waals surface area contributed by atoms with Crippen molar-refractivity contribution < 1.29 is 19.1 Å². The maximum absolute atomic E-state index is 13.8. The van der Waals surface area contributed by atoms with Gasteiger partial charge in [-0.15, -0.1) is 0 Å². The van der Waals surface area contributed by atoms with Gasteiger partial charge in [0.15, 0.2) is 0 Å². The van der Waals surface area contributed by atoms with E-state index in [1.807, 2.05) is 56.0 Å². The fourth-order valence-corrected chi connectivity index (χ4v) is 4.88. The highest BCUT2D eigenvalue weighted by Gasteiger charge is 2.54. The van der Waals surface area contributed by atoms with E-state index in [-0.39, 0.29) is 30.2 Å². The molecular formula is C27H34N4O4. The van der Waals surface area contributed by atoms with Crippen molar-refractivity contribution >= 4 is 17.7 Å². The van der Waals surface area contributed by atoms with Crippen LogP contribution in [0.5, 0.6) is 0 Å². The predicted octanol–water partition coefficient (Wildman–Crippen LogP) is 2.91. The number of carbonyl (C=O) groups is 3. The molecule has 0 aliphatic carbocycles. The molecule has 2 aromatic rings. The van der Waals surface area contributed by atoms with Crippen LogP contribution in [0.2, 0.25) is 0 Å². The smallest absolute Gasteiger partial charge is 0.256 e. The molecule has 0 saturated carbocycles. The quantitative estimate of drug-likeness (QED) is 0.689. The molecule has 1 aromatic carbocycles. The van der Waals surface area contributed by atoms with Crippen LogP contribution in [0.1, 0.15) is 54.6 Å². The van der Waals surface area contributed by atoms with Crippen molar-refractivity contribution in [2.45, 2.75) is 58.3 Å². The summed E-state index contributed by atoms with van der Waals surface area (Å²) in [5.41, 5.74) is 1.46. The monoisotopic (exact) mass is 478 g/mol. The Balaban J connectivity index is 1.55. The average molecular weight is 479 g/mol. The summed E-state index contributed by atoms with van der Waals surface area (Å²) < 4.78 is 6.26. The van der Waals surface area contributed by atoms with Gasteiger partial charge in [0.25, 0.3) is 5.91 Å². The van der Waals surface area contributed by atoms with Gasteiger partial charge in [-0.2, -0.15) is 0 Å². The fraction of sp³-hybridized carbons (Fsp3) is 0.481. The lowest BCUT2D eigenvalue weighted by molar-refractivity contribution is -0.144. The van der Waals surface area contributed by atoms with Gasteiger partial charge < -0.3 is 15.0 Å². The largest absolute Gasteiger partial charge is 0.353 e. The lowest BCUT2D eigenvalue weighted by Gasteiger charge is -2.44. The number of carbonyl (C=O) groups excluding carboxylic acids is 3. The zero-order valence-corrected chi connectivity index (χ0v) is 20.7. The molecule has 0 unspecified atom stereocenters. The standard InChI is InChI=1S/C27H34N4O4/c1-19(2)14-24(32)30-12-9-27(10-13-30)31(26(34)22-8-4-6-20(3)15-22)23(18-35-27)25(33)29-17-21-7-5-11-28-16-21/h4-8,11,15-16,19,23H,9-10,12-14,17-18H2,1-3H3,(H,29,33)/t23-/m0/s1. The first-order valence-corrected chi connectivity index (χ1v) is 12.3. The Labute approximate surface area is 206 Å². The molecule has 0 radical (unpaired) electrons. The minimum Gasteiger partial charge on any atom is -0.353 e. The van der Waals surface area contributed by atoms with Crippen LogP contribution in [0.25, 0.3) is 0 Å². The summed E-state index contributed by atoms with van der Waals surface area (Å²) in [6.07, 6.45) is 4.83. The number of hydrogen-bond acceptors (Lipinski definition) is 5. The van der Waals surface area contributed by atoms with Gasteiger partial charge in [0.2, 0.25) is 11.8 Å². The van der Waals surface area contributed by atoms with Crippen molar-refractivity contribution in [2.75, 3.05) is 19.7 Å². The number of nitrogens with zero attached hydrogens (tertiary/aromatic N) is 3. The van der Waals surface area contributed by atoms with Crippen molar-refractivity contribution in [2.24, 2.45) is 5.92 Å². The Bertz CT molecular complexity index is 1060. The van der Waals surface area contributed by atoms with Gasteiger partial charge in [0.1, 0.15) is 11.8 Å². The number of nitrogens with one attached hydrogen (secondary N) is 1. The summed E-state index contributed by atoms with van der Waals surface area (Å²) in [7, 11) is 0. The summed E-state index contributed by atoms with van der Waals surface area (Å²) >= 11 is 0. The number of piperidine rings is 1. The van der Waals surface area contributed by atoms with E-state index in [2.05, 4.69) is 10.3 Å². The Hall–Kier alpha value is -3.26. The van der Waals surface area contributed by atoms with E-state index in [9.17, 15) is 14.4 Å². The van der Waals surface area contributed by atoms with Crippen LogP contribution in [0.15, 0.2) is 48.8 Å². The molecule has 1 atom stereocenters. The van der Waals surface area contributed by atoms with Crippen LogP contribution < -0.4 is 5.32 Å². The predicted molar refractivity (Wildman–Crippen MR) is 131 cm³/mol. The molecule has 8 heteroatoms. The van der Waals surface area contributed by atoms with Crippen molar-refractivity contribution in [1.82, 2.24) is 20.1 Å². The third-order valence-corrected chi connectivity index (χ3v) is 6.72. The molecule has 0 bridgehead atoms. The van der Waals surface area contributed by atoms with Crippen molar-refractivity contribution in [3.63, 3.8) is 0 Å². The third kappa shape index (κ3) is 5.53. The van der Waals surface area contributed by atoms with Crippen molar-refractivity contribution in [1.29, 1.82) is 0 Å². The summed E-state index contributed by atoms with van der Waals surface area (Å²) in [5.74, 6) is -0.0803. The van der Waals surface area contributed by atoms with E-state index in [1.165, 1.54) is 0 Å². The molecule has 2 fully saturated rings. The summed E-state index contributed by atoms with van der Waals surface area (Å²) in [5, 5.41) is 2.94. The second kappa shape index (κ2) is 10.6. The first kappa shape index (κ1) is 24.9. The maximum atomic E-state index is 13.8. The molecule has 1 N–H and O–H groups in total. The molecule has 2 saturated heterocycles. The van der Waals surface area contributed by atoms with Crippen molar-refractivity contribution in [3.05, 3.63) is 65.5 Å². The van der Waals surface area contributed by atoms with Gasteiger partial charge in [0.05, 0.1) is 6.61 Å². The van der Waals surface area contributed by atoms with Gasteiger partial charge >= 0.3 is 0 Å². The molecular weight excluding hydrogens is 444 g/mol. The zero-order valence-electron chi connectivity index (χ0n) is 20.7. The van der Waals surface area contributed by atoms with Gasteiger partial charge in [-0.1, -0.05) is 37.6 Å². The Morgan fingerprint density at radius 3 is 2.60 bits per heavy atom. The normalized spacial score (nSPS) is 19.3. The van der Waals surface area contributed by atoms with Crippen LogP contribution in [0.3, 0.4) is 0 Å². The van der Waals surface area contributed by atoms with E-state index >= 15 is 0 Å². The first-order chi connectivity index (χ1) is 16.8. The molecule has 1 spiro atoms. The number of hydrogen-bond donors (Lipinski definition) is 1. The number of ether oxygens (including phenoxy) is 1. The maximum Gasteiger partial charge on any atom is 0.256 e. The number of likely N-dealkylation sites (tertiary alicyclic amines) is 1. The van der Waals surface area contributed by atoms with Gasteiger partial charge in [0, 0.05) is 56.9 Å². The lowest BCUT2D eigenvalue weighted by Crippen LogP contribution is -2.59. The highest BCUT2D eigenvalue weighted by molar-refractivity contribution is 5.98. The highest BCUT2D eigenvalue weighted by Crippen LogP contribution is 2.38. The second-order valence-corrected chi connectivity index (χ2v) is 9.88. The first-order valence-electron chi connectivity index (χ1n) is 12.3. The van der Waals surface area contributed by atoms with Gasteiger partial charge in [-0.3, -0.25) is 24.3 Å². The van der Waals surface area contributed by atoms with Crippen LogP contribution in [-0.4, -0.2) is 64.0 Å². The number of benzene rings is 1. The van der Waals surface area contributed by atoms with Crippen LogP contribution >= 0.6 is 0 Å². The molecule has 186 valence electrons. The number of rotatable bonds is 6. The topological polar surface area (TPSA) is 91.8 Å². The summed E-state index contributed by atoms with van der Waals surface area (Å²) in [6.45, 7) is 7.42. The average Bonchev–Trinajstić information content (AvgIpc) is 3.21. The number of aryl methyl sites for hydroxylation is 1. The zero-order chi connectivity index (χ0) is 25.0. The molecule has 1 aromatic heterocycles. The summed E-state index contributed by atoms with van der Waals surface area (Å²) in [6, 6.07) is 10.3. The number of amides is 3. The SMILES string of the molecule is Cc1cccc(C(=O)N2[C@H](C(=O)NCc3cccnc3)COC23CCN(C(=O)CC(C)C)CC3)c1. The molecule has 2 aliphatic rings. The van der Waals surface area contributed by atoms with E-state index in [1.54, 1.807) is 23.4 Å². The van der Waals surface area contributed by atoms with E-state index in [4.69, 9.17) is 4.74 Å². The number of pyridine rings is 1. The molecule has 35 heavy (non-hydrogen) atoms. The van der Waals surface area contributed by atoms with Crippen LogP contribution in [0, 0.1) is 12.8 Å². The van der Waals surface area contributed by atoms with Crippen molar-refractivity contribution in [3.8, 4) is 0 Å². The molecule has 2 aliphatic heterocycles. The summed E-state index contributed by atoms with van der Waals surface area (Å²) in [4.78, 5) is 47.3. The fourth-order valence-electron chi connectivity index (χ4n) is 4.88. The van der Waals surface area contributed by atoms with E-state index in [0.29, 0.717) is 44.5 Å². The van der Waals surface area contributed by atoms with E-state index in [0.717, 1.165) is 11.1 Å². The van der Waals surface area contributed by atoms with Crippen LogP contribution in [0.4, 0.5) is 0 Å². The highest BCUT2D eigenvalue weighted by atomic mass is 16.5. The lowest BCUT2D eigenvalue weighted by atomic mass is 9.95. The third-order valence-electron chi connectivity index (χ3n) is 6.72.